The van der Waals surface area contributed by atoms with E-state index in [2.05, 4.69) is 0 Å². The molecule has 0 radical (unpaired) electrons. The second-order valence-corrected chi connectivity index (χ2v) is 4.79. The molecule has 1 fully saturated rings. The summed E-state index contributed by atoms with van der Waals surface area (Å²) in [7, 11) is 3.28. The summed E-state index contributed by atoms with van der Waals surface area (Å²) in [5, 5.41) is 0.0901. The van der Waals surface area contributed by atoms with Crippen LogP contribution in [0.1, 0.15) is 30.2 Å². The van der Waals surface area contributed by atoms with Crippen LogP contribution >= 0.6 is 11.6 Å². The molecule has 0 aliphatic heterocycles. The summed E-state index contributed by atoms with van der Waals surface area (Å²) in [5.41, 5.74) is 1.12. The molecular weight excluding hydrogens is 224 g/mol. The van der Waals surface area contributed by atoms with Gasteiger partial charge in [0.2, 0.25) is 0 Å². The van der Waals surface area contributed by atoms with E-state index in [1.807, 2.05) is 18.2 Å². The number of benzene rings is 1. The molecule has 0 bridgehead atoms. The molecule has 1 unspecified atom stereocenters. The normalized spacial score (nSPS) is 16.9. The van der Waals surface area contributed by atoms with E-state index in [0.717, 1.165) is 29.4 Å². The Morgan fingerprint density at radius 3 is 2.50 bits per heavy atom. The van der Waals surface area contributed by atoms with Crippen LogP contribution in [0.15, 0.2) is 18.2 Å². The van der Waals surface area contributed by atoms with Gasteiger partial charge in [0.05, 0.1) is 19.6 Å². The molecule has 1 aromatic carbocycles. The van der Waals surface area contributed by atoms with Crippen molar-refractivity contribution in [3.63, 3.8) is 0 Å². The minimum atomic E-state index is 0.0901. The number of methoxy groups -OCH3 is 2. The fourth-order valence-corrected chi connectivity index (χ4v) is 2.22. The minimum Gasteiger partial charge on any atom is -0.493 e. The second-order valence-electron chi connectivity index (χ2n) is 4.26. The van der Waals surface area contributed by atoms with Crippen LogP contribution in [0.2, 0.25) is 0 Å². The van der Waals surface area contributed by atoms with E-state index in [0.29, 0.717) is 0 Å². The molecule has 0 heterocycles. The zero-order chi connectivity index (χ0) is 11.5. The van der Waals surface area contributed by atoms with Gasteiger partial charge in [0, 0.05) is 0 Å². The van der Waals surface area contributed by atoms with Crippen molar-refractivity contribution in [3.8, 4) is 11.5 Å². The summed E-state index contributed by atoms with van der Waals surface area (Å²) < 4.78 is 10.5. The average Bonchev–Trinajstić information content (AvgIpc) is 3.11. The van der Waals surface area contributed by atoms with E-state index < -0.39 is 0 Å². The Labute approximate surface area is 102 Å². The maximum absolute atomic E-state index is 6.37. The molecule has 88 valence electrons. The molecular formula is C13H17ClO2. The first-order valence-corrected chi connectivity index (χ1v) is 6.04. The van der Waals surface area contributed by atoms with E-state index in [-0.39, 0.29) is 5.38 Å². The molecule has 0 N–H and O–H groups in total. The van der Waals surface area contributed by atoms with E-state index >= 15 is 0 Å². The highest BCUT2D eigenvalue weighted by atomic mass is 35.5. The Hall–Kier alpha value is -0.890. The van der Waals surface area contributed by atoms with Gasteiger partial charge < -0.3 is 9.47 Å². The van der Waals surface area contributed by atoms with Gasteiger partial charge in [0.25, 0.3) is 0 Å². The van der Waals surface area contributed by atoms with Crippen LogP contribution in [0.4, 0.5) is 0 Å². The fraction of sp³-hybridized carbons (Fsp3) is 0.538. The number of ether oxygens (including phenoxy) is 2. The molecule has 1 saturated carbocycles. The van der Waals surface area contributed by atoms with Gasteiger partial charge in [-0.25, -0.2) is 0 Å². The van der Waals surface area contributed by atoms with Gasteiger partial charge in [-0.15, -0.1) is 11.6 Å². The van der Waals surface area contributed by atoms with Crippen LogP contribution in [0.3, 0.4) is 0 Å². The highest BCUT2D eigenvalue weighted by Crippen LogP contribution is 2.41. The van der Waals surface area contributed by atoms with Crippen molar-refractivity contribution in [1.82, 2.24) is 0 Å². The minimum absolute atomic E-state index is 0.0901. The Kier molecular flexibility index (Phi) is 3.59. The summed E-state index contributed by atoms with van der Waals surface area (Å²) in [6.45, 7) is 0. The SMILES string of the molecule is COc1ccc(C(Cl)CC2CC2)cc1OC. The number of alkyl halides is 1. The first-order valence-electron chi connectivity index (χ1n) is 5.60. The first kappa shape index (κ1) is 11.6. The lowest BCUT2D eigenvalue weighted by molar-refractivity contribution is 0.354. The van der Waals surface area contributed by atoms with Crippen molar-refractivity contribution in [2.75, 3.05) is 14.2 Å². The molecule has 2 rings (SSSR count). The quantitative estimate of drug-likeness (QED) is 0.730. The zero-order valence-electron chi connectivity index (χ0n) is 9.70. The third-order valence-corrected chi connectivity index (χ3v) is 3.44. The predicted molar refractivity (Wildman–Crippen MR) is 65.5 cm³/mol. The standard InChI is InChI=1S/C13H17ClO2/c1-15-12-6-5-10(8-13(12)16-2)11(14)7-9-3-4-9/h5-6,8-9,11H,3-4,7H2,1-2H3. The Morgan fingerprint density at radius 2 is 1.94 bits per heavy atom. The van der Waals surface area contributed by atoms with Gasteiger partial charge in [-0.3, -0.25) is 0 Å². The van der Waals surface area contributed by atoms with Crippen LogP contribution in [0.25, 0.3) is 0 Å². The van der Waals surface area contributed by atoms with Crippen molar-refractivity contribution in [1.29, 1.82) is 0 Å². The lowest BCUT2D eigenvalue weighted by Crippen LogP contribution is -1.95. The molecule has 0 amide bonds. The molecule has 1 aliphatic rings. The molecule has 1 atom stereocenters. The number of rotatable bonds is 5. The molecule has 16 heavy (non-hydrogen) atoms. The van der Waals surface area contributed by atoms with Crippen molar-refractivity contribution < 1.29 is 9.47 Å². The Bertz CT molecular complexity index is 361. The maximum Gasteiger partial charge on any atom is 0.161 e. The molecule has 0 spiro atoms. The van der Waals surface area contributed by atoms with Gasteiger partial charge in [0.15, 0.2) is 11.5 Å². The molecule has 0 saturated heterocycles. The summed E-state index contributed by atoms with van der Waals surface area (Å²) in [4.78, 5) is 0. The fourth-order valence-electron chi connectivity index (χ4n) is 1.83. The van der Waals surface area contributed by atoms with Crippen LogP contribution in [0.5, 0.6) is 11.5 Å². The topological polar surface area (TPSA) is 18.5 Å². The van der Waals surface area contributed by atoms with Crippen molar-refractivity contribution in [2.24, 2.45) is 5.92 Å². The van der Waals surface area contributed by atoms with E-state index in [1.54, 1.807) is 14.2 Å². The average molecular weight is 241 g/mol. The first-order chi connectivity index (χ1) is 7.74. The predicted octanol–water partition coefficient (Wildman–Crippen LogP) is 3.78. The largest absolute Gasteiger partial charge is 0.493 e. The summed E-state index contributed by atoms with van der Waals surface area (Å²) in [5.74, 6) is 2.33. The second kappa shape index (κ2) is 4.96. The number of hydrogen-bond acceptors (Lipinski definition) is 2. The van der Waals surface area contributed by atoms with Crippen LogP contribution in [0, 0.1) is 5.92 Å². The van der Waals surface area contributed by atoms with Gasteiger partial charge in [-0.1, -0.05) is 18.9 Å². The van der Waals surface area contributed by atoms with Crippen molar-refractivity contribution in [3.05, 3.63) is 23.8 Å². The van der Waals surface area contributed by atoms with Crippen molar-refractivity contribution in [2.45, 2.75) is 24.6 Å². The lowest BCUT2D eigenvalue weighted by Gasteiger charge is -2.13. The van der Waals surface area contributed by atoms with Gasteiger partial charge in [-0.05, 0) is 30.0 Å². The monoisotopic (exact) mass is 240 g/mol. The van der Waals surface area contributed by atoms with E-state index in [4.69, 9.17) is 21.1 Å². The molecule has 3 heteroatoms. The third kappa shape index (κ3) is 2.62. The van der Waals surface area contributed by atoms with Gasteiger partial charge in [-0.2, -0.15) is 0 Å². The van der Waals surface area contributed by atoms with Gasteiger partial charge >= 0.3 is 0 Å². The molecule has 2 nitrogen and oxygen atoms in total. The zero-order valence-corrected chi connectivity index (χ0v) is 10.5. The Morgan fingerprint density at radius 1 is 1.25 bits per heavy atom. The molecule has 1 aromatic rings. The van der Waals surface area contributed by atoms with Gasteiger partial charge in [0.1, 0.15) is 0 Å². The lowest BCUT2D eigenvalue weighted by atomic mass is 10.1. The maximum atomic E-state index is 6.37. The smallest absolute Gasteiger partial charge is 0.161 e. The number of hydrogen-bond donors (Lipinski definition) is 0. The Balaban J connectivity index is 2.13. The van der Waals surface area contributed by atoms with Crippen LogP contribution < -0.4 is 9.47 Å². The number of halogens is 1. The highest BCUT2D eigenvalue weighted by Gasteiger charge is 2.25. The van der Waals surface area contributed by atoms with Crippen molar-refractivity contribution >= 4 is 11.6 Å². The van der Waals surface area contributed by atoms with Crippen LogP contribution in [-0.4, -0.2) is 14.2 Å². The summed E-state index contributed by atoms with van der Waals surface area (Å²) in [6.07, 6.45) is 3.73. The van der Waals surface area contributed by atoms with E-state index in [9.17, 15) is 0 Å². The van der Waals surface area contributed by atoms with E-state index in [1.165, 1.54) is 12.8 Å². The van der Waals surface area contributed by atoms with Crippen LogP contribution in [-0.2, 0) is 0 Å². The molecule has 1 aliphatic carbocycles. The summed E-state index contributed by atoms with van der Waals surface area (Å²) in [6, 6.07) is 5.90. The summed E-state index contributed by atoms with van der Waals surface area (Å²) >= 11 is 6.37. The molecule has 0 aromatic heterocycles. The third-order valence-electron chi connectivity index (χ3n) is 3.01. The highest BCUT2D eigenvalue weighted by molar-refractivity contribution is 6.20.